The van der Waals surface area contributed by atoms with Crippen LogP contribution in [0.2, 0.25) is 0 Å². The highest BCUT2D eigenvalue weighted by Gasteiger charge is 2.49. The highest BCUT2D eigenvalue weighted by Crippen LogP contribution is 2.31. The van der Waals surface area contributed by atoms with Crippen LogP contribution in [0.3, 0.4) is 0 Å². The lowest BCUT2D eigenvalue weighted by atomic mass is 10.1. The van der Waals surface area contributed by atoms with Crippen molar-refractivity contribution in [3.05, 3.63) is 11.3 Å². The maximum Gasteiger partial charge on any atom is 0.534 e. The van der Waals surface area contributed by atoms with Crippen LogP contribution in [0.4, 0.5) is 18.0 Å². The van der Waals surface area contributed by atoms with Gasteiger partial charge in [-0.1, -0.05) is 11.8 Å². The lowest BCUT2D eigenvalue weighted by Gasteiger charge is -2.26. The second-order valence-electron chi connectivity index (χ2n) is 6.89. The standard InChI is InChI=1S/C15H20F3N3O5S2/c1-14(2,3)25-13(22)21-7-5-9-10(6-8-21)19-12(27-4)20-11(9)26-28(23,24)15(16,17)18/h5-8H2,1-4H3. The normalized spacial score (nSPS) is 15.6. The quantitative estimate of drug-likeness (QED) is 0.304. The van der Waals surface area contributed by atoms with E-state index < -0.39 is 33.2 Å². The molecule has 0 fully saturated rings. The molecular formula is C15H20F3N3O5S2. The fraction of sp³-hybridized carbons (Fsp3) is 0.667. The number of carbonyl (C=O) groups is 1. The average Bonchev–Trinajstić information content (AvgIpc) is 2.74. The van der Waals surface area contributed by atoms with Crippen molar-refractivity contribution in [1.82, 2.24) is 14.9 Å². The van der Waals surface area contributed by atoms with Crippen molar-refractivity contribution in [2.75, 3.05) is 19.3 Å². The zero-order chi connectivity index (χ0) is 21.3. The van der Waals surface area contributed by atoms with Crippen molar-refractivity contribution in [2.45, 2.75) is 49.9 Å². The zero-order valence-corrected chi connectivity index (χ0v) is 17.3. The molecule has 0 saturated carbocycles. The first kappa shape index (κ1) is 22.5. The number of aromatic nitrogens is 2. The number of halogens is 3. The number of amides is 1. The molecule has 1 aliphatic rings. The van der Waals surface area contributed by atoms with Crippen LogP contribution in [-0.4, -0.2) is 59.8 Å². The van der Waals surface area contributed by atoms with E-state index in [-0.39, 0.29) is 36.7 Å². The lowest BCUT2D eigenvalue weighted by Crippen LogP contribution is -2.38. The van der Waals surface area contributed by atoms with Gasteiger partial charge in [-0.25, -0.2) is 9.78 Å². The summed E-state index contributed by atoms with van der Waals surface area (Å²) < 4.78 is 70.6. The third-order valence-electron chi connectivity index (χ3n) is 3.59. The second kappa shape index (κ2) is 7.93. The Bertz CT molecular complexity index is 854. The first-order valence-corrected chi connectivity index (χ1v) is 10.8. The summed E-state index contributed by atoms with van der Waals surface area (Å²) in [7, 11) is -5.88. The molecule has 2 rings (SSSR count). The number of nitrogens with zero attached hydrogens (tertiary/aromatic N) is 3. The fourth-order valence-corrected chi connectivity index (χ4v) is 3.18. The fourth-order valence-electron chi connectivity index (χ4n) is 2.36. The molecule has 2 heterocycles. The molecule has 1 aromatic heterocycles. The van der Waals surface area contributed by atoms with Crippen LogP contribution in [0.1, 0.15) is 32.0 Å². The van der Waals surface area contributed by atoms with Gasteiger partial charge >= 0.3 is 21.7 Å². The van der Waals surface area contributed by atoms with E-state index in [4.69, 9.17) is 4.74 Å². The molecular weight excluding hydrogens is 423 g/mol. The van der Waals surface area contributed by atoms with Crippen LogP contribution in [0.5, 0.6) is 5.88 Å². The topological polar surface area (TPSA) is 98.7 Å². The summed E-state index contributed by atoms with van der Waals surface area (Å²) in [5.74, 6) is -0.669. The Kier molecular flexibility index (Phi) is 6.38. The number of hydrogen-bond acceptors (Lipinski definition) is 8. The maximum absolute atomic E-state index is 12.7. The van der Waals surface area contributed by atoms with E-state index in [2.05, 4.69) is 14.2 Å². The number of carbonyl (C=O) groups excluding carboxylic acids is 1. The van der Waals surface area contributed by atoms with Crippen LogP contribution >= 0.6 is 11.8 Å². The van der Waals surface area contributed by atoms with E-state index in [1.54, 1.807) is 27.0 Å². The maximum atomic E-state index is 12.7. The Labute approximate surface area is 164 Å². The molecule has 0 N–H and O–H groups in total. The Hall–Kier alpha value is -1.76. The monoisotopic (exact) mass is 443 g/mol. The number of rotatable bonds is 3. The molecule has 1 aromatic rings. The van der Waals surface area contributed by atoms with Crippen LogP contribution in [0, 0.1) is 0 Å². The van der Waals surface area contributed by atoms with Gasteiger partial charge < -0.3 is 13.8 Å². The van der Waals surface area contributed by atoms with Gasteiger partial charge in [-0.2, -0.15) is 26.6 Å². The molecule has 0 saturated heterocycles. The summed E-state index contributed by atoms with van der Waals surface area (Å²) in [5, 5.41) is 0.0665. The molecule has 0 unspecified atom stereocenters. The van der Waals surface area contributed by atoms with Crippen LogP contribution in [0.25, 0.3) is 0 Å². The van der Waals surface area contributed by atoms with Gasteiger partial charge in [0, 0.05) is 25.1 Å². The van der Waals surface area contributed by atoms with Crippen molar-refractivity contribution in [3.8, 4) is 5.88 Å². The Morgan fingerprint density at radius 3 is 2.29 bits per heavy atom. The van der Waals surface area contributed by atoms with Gasteiger partial charge in [-0.3, -0.25) is 0 Å². The lowest BCUT2D eigenvalue weighted by molar-refractivity contribution is -0.0501. The Morgan fingerprint density at radius 2 is 1.75 bits per heavy atom. The summed E-state index contributed by atoms with van der Waals surface area (Å²) in [4.78, 5) is 21.7. The molecule has 0 aliphatic carbocycles. The van der Waals surface area contributed by atoms with Gasteiger partial charge in [0.05, 0.1) is 5.69 Å². The smallest absolute Gasteiger partial charge is 0.444 e. The summed E-state index contributed by atoms with van der Waals surface area (Å²) in [6.07, 6.45) is 1.22. The molecule has 13 heteroatoms. The molecule has 28 heavy (non-hydrogen) atoms. The number of thioether (sulfide) groups is 1. The third-order valence-corrected chi connectivity index (χ3v) is 5.08. The van der Waals surface area contributed by atoms with Crippen LogP contribution in [0.15, 0.2) is 5.16 Å². The first-order chi connectivity index (χ1) is 12.7. The van der Waals surface area contributed by atoms with Gasteiger partial charge in [0.1, 0.15) is 5.60 Å². The minimum absolute atomic E-state index is 0.0198. The van der Waals surface area contributed by atoms with Crippen LogP contribution < -0.4 is 4.18 Å². The molecule has 0 atom stereocenters. The number of hydrogen-bond donors (Lipinski definition) is 0. The summed E-state index contributed by atoms with van der Waals surface area (Å²) in [6, 6.07) is 0. The highest BCUT2D eigenvalue weighted by molar-refractivity contribution is 7.98. The molecule has 8 nitrogen and oxygen atoms in total. The third kappa shape index (κ3) is 5.40. The molecule has 0 spiro atoms. The van der Waals surface area contributed by atoms with E-state index in [9.17, 15) is 26.4 Å². The van der Waals surface area contributed by atoms with Crippen molar-refractivity contribution in [3.63, 3.8) is 0 Å². The van der Waals surface area contributed by atoms with E-state index >= 15 is 0 Å². The number of alkyl halides is 3. The summed E-state index contributed by atoms with van der Waals surface area (Å²) in [5.41, 5.74) is -5.84. The van der Waals surface area contributed by atoms with E-state index in [0.717, 1.165) is 11.8 Å². The second-order valence-corrected chi connectivity index (χ2v) is 9.20. The molecule has 1 aliphatic heterocycles. The molecule has 1 amide bonds. The molecule has 0 radical (unpaired) electrons. The minimum Gasteiger partial charge on any atom is -0.444 e. The van der Waals surface area contributed by atoms with Crippen molar-refractivity contribution >= 4 is 28.0 Å². The Morgan fingerprint density at radius 1 is 1.14 bits per heavy atom. The Balaban J connectivity index is 2.34. The number of ether oxygens (including phenoxy) is 1. The molecule has 0 bridgehead atoms. The SMILES string of the molecule is CSc1nc2c(c(OS(=O)(=O)C(F)(F)F)n1)CCN(C(=O)OC(C)(C)C)CC2. The predicted octanol–water partition coefficient (Wildman–Crippen LogP) is 2.76. The van der Waals surface area contributed by atoms with E-state index in [0.29, 0.717) is 5.69 Å². The van der Waals surface area contributed by atoms with Crippen LogP contribution in [-0.2, 0) is 27.7 Å². The van der Waals surface area contributed by atoms with Crippen molar-refractivity contribution < 1.29 is 35.3 Å². The van der Waals surface area contributed by atoms with Gasteiger partial charge in [0.2, 0.25) is 5.88 Å². The minimum atomic E-state index is -5.88. The zero-order valence-electron chi connectivity index (χ0n) is 15.7. The summed E-state index contributed by atoms with van der Waals surface area (Å²) >= 11 is 1.03. The van der Waals surface area contributed by atoms with Gasteiger partial charge in [0.25, 0.3) is 0 Å². The van der Waals surface area contributed by atoms with E-state index in [1.807, 2.05) is 0 Å². The largest absolute Gasteiger partial charge is 0.534 e. The highest BCUT2D eigenvalue weighted by atomic mass is 32.2. The molecule has 158 valence electrons. The molecule has 0 aromatic carbocycles. The van der Waals surface area contributed by atoms with E-state index in [1.165, 1.54) is 4.90 Å². The van der Waals surface area contributed by atoms with Crippen molar-refractivity contribution in [2.24, 2.45) is 0 Å². The van der Waals surface area contributed by atoms with Gasteiger partial charge in [-0.15, -0.1) is 0 Å². The number of fused-ring (bicyclic) bond motifs is 1. The predicted molar refractivity (Wildman–Crippen MR) is 94.6 cm³/mol. The average molecular weight is 443 g/mol. The summed E-state index contributed by atoms with van der Waals surface area (Å²) in [6.45, 7) is 5.43. The van der Waals surface area contributed by atoms with Gasteiger partial charge in [-0.05, 0) is 33.4 Å². The van der Waals surface area contributed by atoms with Crippen molar-refractivity contribution in [1.29, 1.82) is 0 Å². The van der Waals surface area contributed by atoms with Gasteiger partial charge in [0.15, 0.2) is 5.16 Å². The first-order valence-electron chi connectivity index (χ1n) is 8.16.